The lowest BCUT2D eigenvalue weighted by molar-refractivity contribution is -0.125. The number of alkyl halides is 2. The largest absolute Gasteiger partial charge is 0.435 e. The molecule has 22 heavy (non-hydrogen) atoms. The number of amides is 2. The molecule has 0 bridgehead atoms. The van der Waals surface area contributed by atoms with E-state index in [9.17, 15) is 18.4 Å². The van der Waals surface area contributed by atoms with Crippen molar-refractivity contribution in [3.05, 3.63) is 29.8 Å². The number of hydrogen-bond donors (Lipinski definition) is 1. The van der Waals surface area contributed by atoms with Crippen molar-refractivity contribution < 1.29 is 23.1 Å². The first-order chi connectivity index (χ1) is 10.5. The third kappa shape index (κ3) is 3.93. The molecule has 120 valence electrons. The van der Waals surface area contributed by atoms with Gasteiger partial charge in [-0.3, -0.25) is 9.59 Å². The van der Waals surface area contributed by atoms with Crippen LogP contribution in [0.15, 0.2) is 24.3 Å². The molecule has 1 saturated heterocycles. The number of ether oxygens (including phenoxy) is 1. The number of halogens is 2. The Hall–Kier alpha value is -2.18. The summed E-state index contributed by atoms with van der Waals surface area (Å²) in [5.41, 5.74) is 0.417. The maximum Gasteiger partial charge on any atom is 0.387 e. The first-order valence-electron chi connectivity index (χ1n) is 7.07. The van der Waals surface area contributed by atoms with Crippen molar-refractivity contribution in [2.24, 2.45) is 5.92 Å². The molecule has 0 saturated carbocycles. The highest BCUT2D eigenvalue weighted by Gasteiger charge is 2.27. The van der Waals surface area contributed by atoms with Crippen molar-refractivity contribution in [1.82, 2.24) is 10.2 Å². The van der Waals surface area contributed by atoms with Crippen molar-refractivity contribution in [2.45, 2.75) is 19.5 Å². The summed E-state index contributed by atoms with van der Waals surface area (Å²) in [6, 6.07) is 5.61. The smallest absolute Gasteiger partial charge is 0.387 e. The van der Waals surface area contributed by atoms with Gasteiger partial charge in [-0.25, -0.2) is 0 Å². The molecule has 0 radical (unpaired) electrons. The second-order valence-electron chi connectivity index (χ2n) is 5.08. The van der Waals surface area contributed by atoms with Crippen LogP contribution in [-0.2, 0) is 4.79 Å². The number of nitrogens with one attached hydrogen (secondary N) is 1. The standard InChI is InChI=1S/C15H18F2N2O3/c1-18-13(20)10-6-8-19(9-7-10)14(21)11-2-4-12(5-3-11)22-15(16)17/h2-5,10,15H,6-9H2,1H3,(H,18,20). The van der Waals surface area contributed by atoms with Crippen molar-refractivity contribution in [1.29, 1.82) is 0 Å². The summed E-state index contributed by atoms with van der Waals surface area (Å²) in [7, 11) is 1.60. The zero-order chi connectivity index (χ0) is 16.1. The normalized spacial score (nSPS) is 15.7. The van der Waals surface area contributed by atoms with E-state index in [1.54, 1.807) is 11.9 Å². The summed E-state index contributed by atoms with van der Waals surface area (Å²) < 4.78 is 28.4. The summed E-state index contributed by atoms with van der Waals surface area (Å²) in [4.78, 5) is 25.5. The molecule has 0 unspecified atom stereocenters. The third-order valence-corrected chi connectivity index (χ3v) is 3.73. The highest BCUT2D eigenvalue weighted by atomic mass is 19.3. The zero-order valence-corrected chi connectivity index (χ0v) is 12.2. The minimum Gasteiger partial charge on any atom is -0.435 e. The van der Waals surface area contributed by atoms with Crippen LogP contribution in [-0.4, -0.2) is 43.5 Å². The van der Waals surface area contributed by atoms with Crippen LogP contribution in [0.25, 0.3) is 0 Å². The molecule has 1 aliphatic heterocycles. The van der Waals surface area contributed by atoms with Crippen molar-refractivity contribution in [3.8, 4) is 5.75 Å². The highest BCUT2D eigenvalue weighted by molar-refractivity contribution is 5.94. The van der Waals surface area contributed by atoms with Gasteiger partial charge in [-0.05, 0) is 37.1 Å². The van der Waals surface area contributed by atoms with E-state index in [1.807, 2.05) is 0 Å². The van der Waals surface area contributed by atoms with Crippen LogP contribution in [0.5, 0.6) is 5.75 Å². The molecule has 1 aliphatic rings. The lowest BCUT2D eigenvalue weighted by atomic mass is 9.95. The minimum atomic E-state index is -2.88. The van der Waals surface area contributed by atoms with Crippen LogP contribution >= 0.6 is 0 Å². The molecule has 2 rings (SSSR count). The fourth-order valence-corrected chi connectivity index (χ4v) is 2.51. The zero-order valence-electron chi connectivity index (χ0n) is 12.2. The van der Waals surface area contributed by atoms with E-state index in [0.717, 1.165) is 0 Å². The number of carbonyl (C=O) groups excluding carboxylic acids is 2. The molecule has 1 aromatic rings. The number of hydrogen-bond acceptors (Lipinski definition) is 3. The lowest BCUT2D eigenvalue weighted by Gasteiger charge is -2.31. The number of rotatable bonds is 4. The molecular formula is C15H18F2N2O3. The predicted molar refractivity (Wildman–Crippen MR) is 75.8 cm³/mol. The Kier molecular flexibility index (Phi) is 5.30. The van der Waals surface area contributed by atoms with E-state index in [0.29, 0.717) is 31.5 Å². The average Bonchev–Trinajstić information content (AvgIpc) is 2.54. The maximum absolute atomic E-state index is 12.3. The van der Waals surface area contributed by atoms with Crippen molar-refractivity contribution in [3.63, 3.8) is 0 Å². The molecule has 0 spiro atoms. The second-order valence-corrected chi connectivity index (χ2v) is 5.08. The molecule has 2 amide bonds. The van der Waals surface area contributed by atoms with Gasteiger partial charge in [0.1, 0.15) is 5.75 Å². The van der Waals surface area contributed by atoms with E-state index >= 15 is 0 Å². The number of likely N-dealkylation sites (tertiary alicyclic amines) is 1. The van der Waals surface area contributed by atoms with Gasteiger partial charge in [0.15, 0.2) is 0 Å². The summed E-state index contributed by atoms with van der Waals surface area (Å²) in [5, 5.41) is 2.61. The van der Waals surface area contributed by atoms with Gasteiger partial charge in [0.05, 0.1) is 0 Å². The first kappa shape index (κ1) is 16.2. The summed E-state index contributed by atoms with van der Waals surface area (Å²) in [5.74, 6) is -0.208. The van der Waals surface area contributed by atoms with Crippen molar-refractivity contribution in [2.75, 3.05) is 20.1 Å². The monoisotopic (exact) mass is 312 g/mol. The fourth-order valence-electron chi connectivity index (χ4n) is 2.51. The molecule has 1 N–H and O–H groups in total. The SMILES string of the molecule is CNC(=O)C1CCN(C(=O)c2ccc(OC(F)F)cc2)CC1. The van der Waals surface area contributed by atoms with Gasteiger partial charge in [0.25, 0.3) is 5.91 Å². The van der Waals surface area contributed by atoms with Gasteiger partial charge in [0, 0.05) is 31.6 Å². The van der Waals surface area contributed by atoms with E-state index in [2.05, 4.69) is 10.1 Å². The van der Waals surface area contributed by atoms with Crippen molar-refractivity contribution >= 4 is 11.8 Å². The minimum absolute atomic E-state index is 0.000555. The molecule has 1 fully saturated rings. The molecule has 1 aromatic carbocycles. The average molecular weight is 312 g/mol. The molecule has 5 nitrogen and oxygen atoms in total. The Balaban J connectivity index is 1.93. The van der Waals surface area contributed by atoms with Gasteiger partial charge in [-0.15, -0.1) is 0 Å². The van der Waals surface area contributed by atoms with E-state index in [-0.39, 0.29) is 23.5 Å². The summed E-state index contributed by atoms with van der Waals surface area (Å²) >= 11 is 0. The molecule has 0 atom stereocenters. The second kappa shape index (κ2) is 7.20. The van der Waals surface area contributed by atoms with Gasteiger partial charge < -0.3 is 15.0 Å². The van der Waals surface area contributed by atoms with Gasteiger partial charge in [-0.1, -0.05) is 0 Å². The maximum atomic E-state index is 12.3. The number of carbonyl (C=O) groups is 2. The van der Waals surface area contributed by atoms with E-state index in [1.165, 1.54) is 24.3 Å². The van der Waals surface area contributed by atoms with E-state index < -0.39 is 6.61 Å². The Morgan fingerprint density at radius 3 is 2.32 bits per heavy atom. The van der Waals surface area contributed by atoms with Gasteiger partial charge in [-0.2, -0.15) is 8.78 Å². The molecule has 0 aliphatic carbocycles. The first-order valence-corrected chi connectivity index (χ1v) is 7.07. The van der Waals surface area contributed by atoms with Crippen LogP contribution in [0.2, 0.25) is 0 Å². The van der Waals surface area contributed by atoms with Gasteiger partial charge in [0.2, 0.25) is 5.91 Å². The number of nitrogens with zero attached hydrogens (tertiary/aromatic N) is 1. The van der Waals surface area contributed by atoms with Crippen LogP contribution in [0, 0.1) is 5.92 Å². The van der Waals surface area contributed by atoms with Crippen LogP contribution in [0.4, 0.5) is 8.78 Å². The highest BCUT2D eigenvalue weighted by Crippen LogP contribution is 2.21. The lowest BCUT2D eigenvalue weighted by Crippen LogP contribution is -2.42. The third-order valence-electron chi connectivity index (χ3n) is 3.73. The molecule has 1 heterocycles. The topological polar surface area (TPSA) is 58.6 Å². The quantitative estimate of drug-likeness (QED) is 0.923. The Labute approximate surface area is 127 Å². The van der Waals surface area contributed by atoms with Crippen LogP contribution < -0.4 is 10.1 Å². The van der Waals surface area contributed by atoms with E-state index in [4.69, 9.17) is 0 Å². The predicted octanol–water partition coefficient (Wildman–Crippen LogP) is 1.89. The fraction of sp³-hybridized carbons (Fsp3) is 0.467. The van der Waals surface area contributed by atoms with Crippen LogP contribution in [0.1, 0.15) is 23.2 Å². The Bertz CT molecular complexity index is 526. The summed E-state index contributed by atoms with van der Waals surface area (Å²) in [6.45, 7) is -1.87. The Morgan fingerprint density at radius 2 is 1.82 bits per heavy atom. The number of piperidine rings is 1. The molecule has 7 heteroatoms. The number of benzene rings is 1. The molecular weight excluding hydrogens is 294 g/mol. The van der Waals surface area contributed by atoms with Crippen LogP contribution in [0.3, 0.4) is 0 Å². The molecule has 0 aromatic heterocycles. The summed E-state index contributed by atoms with van der Waals surface area (Å²) in [6.07, 6.45) is 1.25. The Morgan fingerprint density at radius 1 is 1.23 bits per heavy atom. The van der Waals surface area contributed by atoms with Gasteiger partial charge >= 0.3 is 6.61 Å².